The fraction of sp³-hybridized carbons (Fsp3) is 0.643. The van der Waals surface area contributed by atoms with Gasteiger partial charge >= 0.3 is 0 Å². The van der Waals surface area contributed by atoms with E-state index >= 15 is 0 Å². The minimum atomic E-state index is -2.53. The van der Waals surface area contributed by atoms with Crippen molar-refractivity contribution >= 4 is 0 Å². The molecule has 1 aliphatic carbocycles. The summed E-state index contributed by atoms with van der Waals surface area (Å²) in [5.74, 6) is -2.53. The van der Waals surface area contributed by atoms with Crippen LogP contribution in [0, 0.1) is 5.92 Å². The first-order valence-electron chi connectivity index (χ1n) is 6.53. The molecule has 1 aromatic heterocycles. The molecule has 1 saturated carbocycles. The summed E-state index contributed by atoms with van der Waals surface area (Å²) in [4.78, 5) is 3.96. The summed E-state index contributed by atoms with van der Waals surface area (Å²) in [6, 6.07) is 3.61. The molecule has 0 bridgehead atoms. The predicted octanol–water partition coefficient (Wildman–Crippen LogP) is 3.34. The molecule has 1 aliphatic rings. The summed E-state index contributed by atoms with van der Waals surface area (Å²) in [5.41, 5.74) is 7.27. The molecule has 1 aromatic rings. The van der Waals surface area contributed by atoms with Crippen molar-refractivity contribution < 1.29 is 8.78 Å². The van der Waals surface area contributed by atoms with Crippen LogP contribution in [-0.2, 0) is 0 Å². The maximum absolute atomic E-state index is 13.4. The molecule has 0 aromatic carbocycles. The Balaban J connectivity index is 2.05. The van der Waals surface area contributed by atoms with Gasteiger partial charge in [0.05, 0.1) is 0 Å². The van der Waals surface area contributed by atoms with Gasteiger partial charge in [-0.2, -0.15) is 0 Å². The van der Waals surface area contributed by atoms with E-state index in [1.807, 2.05) is 19.1 Å². The molecule has 2 rings (SSSR count). The topological polar surface area (TPSA) is 38.9 Å². The van der Waals surface area contributed by atoms with E-state index in [2.05, 4.69) is 4.98 Å². The van der Waals surface area contributed by atoms with Crippen LogP contribution in [0.25, 0.3) is 0 Å². The summed E-state index contributed by atoms with van der Waals surface area (Å²) >= 11 is 0. The van der Waals surface area contributed by atoms with Crippen LogP contribution < -0.4 is 5.73 Å². The van der Waals surface area contributed by atoms with Gasteiger partial charge in [-0.05, 0) is 42.4 Å². The maximum Gasteiger partial charge on any atom is 0.248 e. The fourth-order valence-electron chi connectivity index (χ4n) is 2.84. The molecule has 0 saturated heterocycles. The maximum atomic E-state index is 13.4. The quantitative estimate of drug-likeness (QED) is 0.898. The number of alkyl halides is 2. The number of pyridine rings is 1. The minimum absolute atomic E-state index is 0.0137. The van der Waals surface area contributed by atoms with Gasteiger partial charge in [0.15, 0.2) is 0 Å². The molecule has 0 spiro atoms. The van der Waals surface area contributed by atoms with Crippen molar-refractivity contribution in [1.82, 2.24) is 4.98 Å². The number of nitrogens with zero attached hydrogens (tertiary/aromatic N) is 1. The first-order chi connectivity index (χ1) is 8.49. The van der Waals surface area contributed by atoms with E-state index in [-0.39, 0.29) is 30.7 Å². The van der Waals surface area contributed by atoms with Gasteiger partial charge in [0.25, 0.3) is 0 Å². The molecule has 100 valence electrons. The standard InChI is InChI=1S/C14H20F2N2/c1-10(11-4-7-18-8-5-11)13(17)12-3-2-6-14(15,16)9-12/h4-5,7-8,10,12-13H,2-3,6,9,17H2,1H3. The van der Waals surface area contributed by atoms with Crippen molar-refractivity contribution in [3.8, 4) is 0 Å². The molecule has 0 aliphatic heterocycles. The Labute approximate surface area is 107 Å². The van der Waals surface area contributed by atoms with Crippen molar-refractivity contribution in [3.63, 3.8) is 0 Å². The number of hydrogen-bond acceptors (Lipinski definition) is 2. The second-order valence-corrected chi connectivity index (χ2v) is 5.36. The molecule has 0 radical (unpaired) electrons. The first-order valence-corrected chi connectivity index (χ1v) is 6.53. The summed E-state index contributed by atoms with van der Waals surface area (Å²) in [5, 5.41) is 0. The molecule has 2 nitrogen and oxygen atoms in total. The van der Waals surface area contributed by atoms with Gasteiger partial charge < -0.3 is 5.73 Å². The summed E-state index contributed by atoms with van der Waals surface area (Å²) in [6.07, 6.45) is 4.77. The molecule has 0 amide bonds. The Kier molecular flexibility index (Phi) is 3.95. The highest BCUT2D eigenvalue weighted by Gasteiger charge is 2.39. The zero-order chi connectivity index (χ0) is 13.2. The van der Waals surface area contributed by atoms with E-state index in [4.69, 9.17) is 5.73 Å². The number of aromatic nitrogens is 1. The smallest absolute Gasteiger partial charge is 0.248 e. The molecular formula is C14H20F2N2. The number of halogens is 2. The Morgan fingerprint density at radius 2 is 2.06 bits per heavy atom. The van der Waals surface area contributed by atoms with Crippen LogP contribution in [0.2, 0.25) is 0 Å². The van der Waals surface area contributed by atoms with Gasteiger partial charge in [-0.15, -0.1) is 0 Å². The summed E-state index contributed by atoms with van der Waals surface area (Å²) in [7, 11) is 0. The molecule has 3 unspecified atom stereocenters. The van der Waals surface area contributed by atoms with Crippen LogP contribution in [-0.4, -0.2) is 16.9 Å². The highest BCUT2D eigenvalue weighted by Crippen LogP contribution is 2.40. The molecule has 18 heavy (non-hydrogen) atoms. The lowest BCUT2D eigenvalue weighted by molar-refractivity contribution is -0.0571. The number of rotatable bonds is 3. The van der Waals surface area contributed by atoms with Crippen molar-refractivity contribution in [1.29, 1.82) is 0 Å². The van der Waals surface area contributed by atoms with Gasteiger partial charge in [0.2, 0.25) is 5.92 Å². The van der Waals surface area contributed by atoms with Crippen LogP contribution in [0.5, 0.6) is 0 Å². The minimum Gasteiger partial charge on any atom is -0.327 e. The van der Waals surface area contributed by atoms with Crippen molar-refractivity contribution in [2.75, 3.05) is 0 Å². The van der Waals surface area contributed by atoms with E-state index < -0.39 is 5.92 Å². The lowest BCUT2D eigenvalue weighted by Crippen LogP contribution is -2.40. The van der Waals surface area contributed by atoms with E-state index in [9.17, 15) is 8.78 Å². The largest absolute Gasteiger partial charge is 0.327 e. The SMILES string of the molecule is CC(c1ccncc1)C(N)C1CCCC(F)(F)C1. The zero-order valence-corrected chi connectivity index (χ0v) is 10.7. The third-order valence-corrected chi connectivity index (χ3v) is 4.03. The Hall–Kier alpha value is -1.03. The van der Waals surface area contributed by atoms with E-state index in [1.54, 1.807) is 12.4 Å². The van der Waals surface area contributed by atoms with Crippen LogP contribution in [0.15, 0.2) is 24.5 Å². The molecule has 2 N–H and O–H groups in total. The molecule has 4 heteroatoms. The van der Waals surface area contributed by atoms with Crippen LogP contribution in [0.3, 0.4) is 0 Å². The van der Waals surface area contributed by atoms with Gasteiger partial charge in [-0.25, -0.2) is 8.78 Å². The van der Waals surface area contributed by atoms with Gasteiger partial charge in [0.1, 0.15) is 0 Å². The number of nitrogens with two attached hydrogens (primary N) is 1. The van der Waals surface area contributed by atoms with Crippen LogP contribution in [0.1, 0.15) is 44.1 Å². The third-order valence-electron chi connectivity index (χ3n) is 4.03. The lowest BCUT2D eigenvalue weighted by Gasteiger charge is -2.35. The highest BCUT2D eigenvalue weighted by molar-refractivity contribution is 5.17. The average molecular weight is 254 g/mol. The fourth-order valence-corrected chi connectivity index (χ4v) is 2.84. The van der Waals surface area contributed by atoms with Crippen LogP contribution in [0.4, 0.5) is 8.78 Å². The van der Waals surface area contributed by atoms with E-state index in [0.29, 0.717) is 6.42 Å². The molecule has 3 atom stereocenters. The third kappa shape index (κ3) is 3.05. The molecular weight excluding hydrogens is 234 g/mol. The molecule has 1 heterocycles. The van der Waals surface area contributed by atoms with Crippen LogP contribution >= 0.6 is 0 Å². The zero-order valence-electron chi connectivity index (χ0n) is 10.7. The molecule has 1 fully saturated rings. The normalized spacial score (nSPS) is 26.6. The summed E-state index contributed by atoms with van der Waals surface area (Å²) < 4.78 is 26.8. The second kappa shape index (κ2) is 5.31. The van der Waals surface area contributed by atoms with Gasteiger partial charge in [-0.3, -0.25) is 4.98 Å². The monoisotopic (exact) mass is 254 g/mol. The van der Waals surface area contributed by atoms with Crippen molar-refractivity contribution in [2.24, 2.45) is 11.7 Å². The Bertz CT molecular complexity index is 381. The van der Waals surface area contributed by atoms with Crippen molar-refractivity contribution in [2.45, 2.75) is 50.5 Å². The predicted molar refractivity (Wildman–Crippen MR) is 67.5 cm³/mol. The van der Waals surface area contributed by atoms with Crippen molar-refractivity contribution in [3.05, 3.63) is 30.1 Å². The van der Waals surface area contributed by atoms with E-state index in [0.717, 1.165) is 12.0 Å². The first kappa shape index (κ1) is 13.4. The Morgan fingerprint density at radius 1 is 1.39 bits per heavy atom. The second-order valence-electron chi connectivity index (χ2n) is 5.36. The van der Waals surface area contributed by atoms with E-state index in [1.165, 1.54) is 0 Å². The Morgan fingerprint density at radius 3 is 2.67 bits per heavy atom. The lowest BCUT2D eigenvalue weighted by atomic mass is 9.76. The number of hydrogen-bond donors (Lipinski definition) is 1. The van der Waals surface area contributed by atoms with Gasteiger partial charge in [-0.1, -0.05) is 6.92 Å². The van der Waals surface area contributed by atoms with Gasteiger partial charge in [0, 0.05) is 31.3 Å². The highest BCUT2D eigenvalue weighted by atomic mass is 19.3. The average Bonchev–Trinajstić information content (AvgIpc) is 2.37. The summed E-state index contributed by atoms with van der Waals surface area (Å²) in [6.45, 7) is 2.01.